The second kappa shape index (κ2) is 10.6. The fourth-order valence-corrected chi connectivity index (χ4v) is 2.79. The molecular weight excluding hydrogens is 382 g/mol. The molecule has 2 amide bonds. The first kappa shape index (κ1) is 20.8. The number of hydrogen-bond donors (Lipinski definition) is 2. The second-order valence-electron chi connectivity index (χ2n) is 5.36. The van der Waals surface area contributed by atoms with Gasteiger partial charge in [0.25, 0.3) is 5.91 Å². The van der Waals surface area contributed by atoms with Crippen LogP contribution in [0.25, 0.3) is 0 Å². The molecule has 0 aliphatic heterocycles. The first-order valence-electron chi connectivity index (χ1n) is 8.07. The number of para-hydroxylation sites is 2. The van der Waals surface area contributed by atoms with Crippen LogP contribution in [-0.2, 0) is 19.1 Å². The van der Waals surface area contributed by atoms with Gasteiger partial charge in [-0.05, 0) is 24.3 Å². The minimum Gasteiger partial charge on any atom is -0.481 e. The van der Waals surface area contributed by atoms with Gasteiger partial charge >= 0.3 is 5.97 Å². The maximum atomic E-state index is 12.0. The van der Waals surface area contributed by atoms with Crippen molar-refractivity contribution in [3.8, 4) is 11.8 Å². The Morgan fingerprint density at radius 3 is 2.54 bits per heavy atom. The normalized spacial score (nSPS) is 9.82. The van der Waals surface area contributed by atoms with Crippen LogP contribution in [0, 0.1) is 11.3 Å². The molecule has 0 saturated heterocycles. The van der Waals surface area contributed by atoms with Gasteiger partial charge in [-0.15, -0.1) is 11.8 Å². The molecule has 2 rings (SSSR count). The lowest BCUT2D eigenvalue weighted by molar-refractivity contribution is -0.149. The summed E-state index contributed by atoms with van der Waals surface area (Å²) < 4.78 is 10.1. The molecule has 0 bridgehead atoms. The Labute approximate surface area is 165 Å². The maximum Gasteiger partial charge on any atom is 0.344 e. The molecule has 0 spiro atoms. The van der Waals surface area contributed by atoms with Crippen molar-refractivity contribution in [2.24, 2.45) is 5.73 Å². The number of amides is 2. The fraction of sp³-hybridized carbons (Fsp3) is 0.158. The lowest BCUT2D eigenvalue weighted by atomic mass is 10.2. The second-order valence-corrected chi connectivity index (χ2v) is 6.37. The SMILES string of the molecule is N#Cc1ccccc1OCC(=O)OCC(=O)Nc1ccccc1SCC(N)=O. The number of hydrogen-bond acceptors (Lipinski definition) is 7. The van der Waals surface area contributed by atoms with E-state index in [1.165, 1.54) is 11.8 Å². The monoisotopic (exact) mass is 399 g/mol. The van der Waals surface area contributed by atoms with Crippen molar-refractivity contribution >= 4 is 35.2 Å². The van der Waals surface area contributed by atoms with E-state index in [1.807, 2.05) is 6.07 Å². The van der Waals surface area contributed by atoms with E-state index in [-0.39, 0.29) is 17.1 Å². The number of nitriles is 1. The van der Waals surface area contributed by atoms with E-state index in [0.29, 0.717) is 10.6 Å². The minimum absolute atomic E-state index is 0.0728. The van der Waals surface area contributed by atoms with Gasteiger partial charge in [0.2, 0.25) is 5.91 Å². The molecule has 0 unspecified atom stereocenters. The molecule has 3 N–H and O–H groups in total. The van der Waals surface area contributed by atoms with Crippen molar-refractivity contribution in [3.05, 3.63) is 54.1 Å². The molecule has 2 aromatic carbocycles. The molecule has 0 aliphatic rings. The predicted molar refractivity (Wildman–Crippen MR) is 103 cm³/mol. The molecule has 144 valence electrons. The van der Waals surface area contributed by atoms with Gasteiger partial charge in [0.1, 0.15) is 11.8 Å². The van der Waals surface area contributed by atoms with Crippen LogP contribution in [0.5, 0.6) is 5.75 Å². The van der Waals surface area contributed by atoms with Crippen molar-refractivity contribution in [2.45, 2.75) is 4.90 Å². The van der Waals surface area contributed by atoms with Crippen LogP contribution in [0.3, 0.4) is 0 Å². The molecule has 9 heteroatoms. The molecule has 8 nitrogen and oxygen atoms in total. The van der Waals surface area contributed by atoms with Crippen molar-refractivity contribution in [3.63, 3.8) is 0 Å². The Hall–Kier alpha value is -3.51. The number of nitrogens with zero attached hydrogens (tertiary/aromatic N) is 1. The average Bonchev–Trinajstić information content (AvgIpc) is 2.70. The zero-order chi connectivity index (χ0) is 20.4. The summed E-state index contributed by atoms with van der Waals surface area (Å²) in [5.41, 5.74) is 5.90. The Morgan fingerprint density at radius 2 is 1.79 bits per heavy atom. The number of nitrogens with two attached hydrogens (primary N) is 1. The smallest absolute Gasteiger partial charge is 0.344 e. The van der Waals surface area contributed by atoms with Gasteiger partial charge in [0, 0.05) is 4.90 Å². The number of nitrogens with one attached hydrogen (secondary N) is 1. The van der Waals surface area contributed by atoms with E-state index in [2.05, 4.69) is 5.32 Å². The summed E-state index contributed by atoms with van der Waals surface area (Å²) >= 11 is 1.19. The molecule has 0 heterocycles. The Balaban J connectivity index is 1.82. The first-order valence-corrected chi connectivity index (χ1v) is 9.05. The summed E-state index contributed by atoms with van der Waals surface area (Å²) in [6.07, 6.45) is 0. The van der Waals surface area contributed by atoms with E-state index in [4.69, 9.17) is 20.5 Å². The molecule has 0 aromatic heterocycles. The number of rotatable bonds is 9. The van der Waals surface area contributed by atoms with Crippen LogP contribution in [0.15, 0.2) is 53.4 Å². The van der Waals surface area contributed by atoms with E-state index in [0.717, 1.165) is 0 Å². The van der Waals surface area contributed by atoms with Gasteiger partial charge < -0.3 is 20.5 Å². The van der Waals surface area contributed by atoms with Crippen LogP contribution < -0.4 is 15.8 Å². The van der Waals surface area contributed by atoms with E-state index in [9.17, 15) is 14.4 Å². The lowest BCUT2D eigenvalue weighted by Gasteiger charge is -2.11. The van der Waals surface area contributed by atoms with Gasteiger partial charge in [-0.3, -0.25) is 9.59 Å². The van der Waals surface area contributed by atoms with E-state index < -0.39 is 31.0 Å². The van der Waals surface area contributed by atoms with Crippen molar-refractivity contribution in [1.82, 2.24) is 0 Å². The summed E-state index contributed by atoms with van der Waals surface area (Å²) in [5, 5.41) is 11.6. The fourth-order valence-electron chi connectivity index (χ4n) is 2.04. The topological polar surface area (TPSA) is 132 Å². The van der Waals surface area contributed by atoms with Gasteiger partial charge in [-0.2, -0.15) is 5.26 Å². The quantitative estimate of drug-likeness (QED) is 0.484. The molecule has 0 fully saturated rings. The van der Waals surface area contributed by atoms with E-state index >= 15 is 0 Å². The molecule has 2 aromatic rings. The number of carbonyl (C=O) groups excluding carboxylic acids is 3. The number of carbonyl (C=O) groups is 3. The summed E-state index contributed by atoms with van der Waals surface area (Å²) in [4.78, 5) is 35.3. The zero-order valence-electron chi connectivity index (χ0n) is 14.7. The van der Waals surface area contributed by atoms with Crippen LogP contribution in [-0.4, -0.2) is 36.8 Å². The number of esters is 1. The Morgan fingerprint density at radius 1 is 1.07 bits per heavy atom. The maximum absolute atomic E-state index is 12.0. The lowest BCUT2D eigenvalue weighted by Crippen LogP contribution is -2.24. The van der Waals surface area contributed by atoms with Crippen molar-refractivity contribution < 1.29 is 23.9 Å². The highest BCUT2D eigenvalue weighted by Gasteiger charge is 2.12. The van der Waals surface area contributed by atoms with Crippen LogP contribution in [0.4, 0.5) is 5.69 Å². The average molecular weight is 399 g/mol. The molecule has 0 saturated carbocycles. The zero-order valence-corrected chi connectivity index (χ0v) is 15.5. The highest BCUT2D eigenvalue weighted by atomic mass is 32.2. The van der Waals surface area contributed by atoms with Gasteiger partial charge in [-0.25, -0.2) is 4.79 Å². The van der Waals surface area contributed by atoms with Gasteiger partial charge in [-0.1, -0.05) is 24.3 Å². The Bertz CT molecular complexity index is 910. The molecule has 0 radical (unpaired) electrons. The van der Waals surface area contributed by atoms with Gasteiger partial charge in [0.15, 0.2) is 13.2 Å². The third kappa shape index (κ3) is 6.66. The number of thioether (sulfide) groups is 1. The van der Waals surface area contributed by atoms with Crippen LogP contribution in [0.1, 0.15) is 5.56 Å². The van der Waals surface area contributed by atoms with Gasteiger partial charge in [0.05, 0.1) is 17.0 Å². The van der Waals surface area contributed by atoms with E-state index in [1.54, 1.807) is 48.5 Å². The Kier molecular flexibility index (Phi) is 7.87. The third-order valence-corrected chi connectivity index (χ3v) is 4.34. The molecular formula is C19H17N3O5S. The summed E-state index contributed by atoms with van der Waals surface area (Å²) in [6, 6.07) is 15.3. The highest BCUT2D eigenvalue weighted by Crippen LogP contribution is 2.26. The molecule has 28 heavy (non-hydrogen) atoms. The number of ether oxygens (including phenoxy) is 2. The summed E-state index contributed by atoms with van der Waals surface area (Å²) in [6.45, 7) is -0.937. The minimum atomic E-state index is -0.751. The summed E-state index contributed by atoms with van der Waals surface area (Å²) in [5.74, 6) is -1.44. The van der Waals surface area contributed by atoms with Crippen LogP contribution >= 0.6 is 11.8 Å². The first-order chi connectivity index (χ1) is 13.5. The van der Waals surface area contributed by atoms with Crippen molar-refractivity contribution in [1.29, 1.82) is 5.26 Å². The largest absolute Gasteiger partial charge is 0.481 e. The number of primary amides is 1. The highest BCUT2D eigenvalue weighted by molar-refractivity contribution is 8.00. The predicted octanol–water partition coefficient (Wildman–Crippen LogP) is 1.70. The standard InChI is InChI=1S/C19H17N3O5S/c20-9-13-5-1-3-7-15(13)26-11-19(25)27-10-18(24)22-14-6-2-4-8-16(14)28-12-17(21)23/h1-8H,10-12H2,(H2,21,23)(H,22,24). The number of anilines is 1. The van der Waals surface area contributed by atoms with Crippen LogP contribution in [0.2, 0.25) is 0 Å². The number of benzene rings is 2. The molecule has 0 aliphatic carbocycles. The summed E-state index contributed by atoms with van der Waals surface area (Å²) in [7, 11) is 0. The third-order valence-electron chi connectivity index (χ3n) is 3.25. The van der Waals surface area contributed by atoms with Crippen molar-refractivity contribution in [2.75, 3.05) is 24.3 Å². The molecule has 0 atom stereocenters.